The normalized spacial score (nSPS) is 24.1. The van der Waals surface area contributed by atoms with Crippen LogP contribution in [0.4, 0.5) is 0 Å². The van der Waals surface area contributed by atoms with Crippen molar-refractivity contribution in [1.29, 1.82) is 0 Å². The zero-order valence-corrected chi connectivity index (χ0v) is 52.1. The van der Waals surface area contributed by atoms with Crippen LogP contribution in [0.5, 0.6) is 0 Å². The van der Waals surface area contributed by atoms with E-state index in [1.165, 1.54) is 250 Å². The SMILES string of the molecule is CCCCCCCCCCCCCCC/C=C/C(O)C(COC1OC(CO)C(OC2OC(CO)C(O)C(O)C2O)C(O)C1O)NC(=O)CCCCCCCCCCCCCCCCCCCCCCCCCCCCCCCCCC. The topological polar surface area (TPSA) is 228 Å². The molecule has 2 rings (SSSR count). The van der Waals surface area contributed by atoms with Gasteiger partial charge in [-0.05, 0) is 19.3 Å². The third-order valence-corrected chi connectivity index (χ3v) is 17.2. The van der Waals surface area contributed by atoms with Gasteiger partial charge in [0.1, 0.15) is 48.8 Å². The van der Waals surface area contributed by atoms with Gasteiger partial charge < -0.3 is 65.1 Å². The maximum absolute atomic E-state index is 13.3. The van der Waals surface area contributed by atoms with Crippen molar-refractivity contribution in [3.8, 4) is 0 Å². The molecule has 12 unspecified atom stereocenters. The van der Waals surface area contributed by atoms with Gasteiger partial charge in [-0.3, -0.25) is 4.79 Å². The highest BCUT2D eigenvalue weighted by molar-refractivity contribution is 5.76. The average molecular weight is 1160 g/mol. The van der Waals surface area contributed by atoms with Gasteiger partial charge in [0.05, 0.1) is 32.0 Å². The molecule has 9 N–H and O–H groups in total. The highest BCUT2D eigenvalue weighted by atomic mass is 16.7. The van der Waals surface area contributed by atoms with Gasteiger partial charge in [-0.25, -0.2) is 0 Å². The molecule has 14 nitrogen and oxygen atoms in total. The van der Waals surface area contributed by atoms with E-state index in [1.54, 1.807) is 6.08 Å². The second kappa shape index (κ2) is 53.0. The van der Waals surface area contributed by atoms with Crippen LogP contribution in [0.25, 0.3) is 0 Å². The van der Waals surface area contributed by atoms with Gasteiger partial charge in [0.15, 0.2) is 12.6 Å². The Labute approximate surface area is 495 Å². The van der Waals surface area contributed by atoms with Crippen LogP contribution in [0.1, 0.15) is 316 Å². The zero-order valence-electron chi connectivity index (χ0n) is 52.1. The monoisotopic (exact) mass is 1160 g/mol. The molecule has 0 saturated carbocycles. The van der Waals surface area contributed by atoms with Crippen LogP contribution in [0, 0.1) is 0 Å². The van der Waals surface area contributed by atoms with E-state index >= 15 is 0 Å². The molecule has 2 aliphatic heterocycles. The van der Waals surface area contributed by atoms with Gasteiger partial charge in [-0.2, -0.15) is 0 Å². The second-order valence-corrected chi connectivity index (χ2v) is 24.7. The Hall–Kier alpha value is -1.27. The van der Waals surface area contributed by atoms with Crippen LogP contribution in [-0.4, -0.2) is 140 Å². The highest BCUT2D eigenvalue weighted by Crippen LogP contribution is 2.30. The third kappa shape index (κ3) is 37.8. The van der Waals surface area contributed by atoms with Crippen LogP contribution in [0.15, 0.2) is 12.2 Å². The van der Waals surface area contributed by atoms with Gasteiger partial charge in [-0.15, -0.1) is 0 Å². The van der Waals surface area contributed by atoms with Gasteiger partial charge in [0, 0.05) is 6.42 Å². The fraction of sp³-hybridized carbons (Fsp3) is 0.955. The van der Waals surface area contributed by atoms with E-state index in [0.717, 1.165) is 38.5 Å². The smallest absolute Gasteiger partial charge is 0.220 e. The first-order chi connectivity index (χ1) is 39.6. The van der Waals surface area contributed by atoms with Gasteiger partial charge in [-0.1, -0.05) is 302 Å². The van der Waals surface area contributed by atoms with E-state index in [0.29, 0.717) is 6.42 Å². The Morgan fingerprint density at radius 1 is 0.432 bits per heavy atom. The fourth-order valence-corrected chi connectivity index (χ4v) is 11.7. The van der Waals surface area contributed by atoms with E-state index in [1.807, 2.05) is 6.08 Å². The number of aliphatic hydroxyl groups is 8. The van der Waals surface area contributed by atoms with Crippen LogP contribution in [0.2, 0.25) is 0 Å². The minimum atomic E-state index is -1.79. The predicted molar refractivity (Wildman–Crippen MR) is 328 cm³/mol. The summed E-state index contributed by atoms with van der Waals surface area (Å²) in [5, 5.41) is 87.2. The van der Waals surface area contributed by atoms with Crippen molar-refractivity contribution < 1.29 is 64.6 Å². The van der Waals surface area contributed by atoms with Crippen molar-refractivity contribution in [2.24, 2.45) is 0 Å². The number of carbonyl (C=O) groups excluding carboxylic acids is 1. The quantitative estimate of drug-likeness (QED) is 0.0204. The van der Waals surface area contributed by atoms with E-state index in [-0.39, 0.29) is 18.9 Å². The van der Waals surface area contributed by atoms with Crippen LogP contribution < -0.4 is 5.32 Å². The minimum absolute atomic E-state index is 0.232. The molecule has 480 valence electrons. The number of unbranched alkanes of at least 4 members (excludes halogenated alkanes) is 44. The summed E-state index contributed by atoms with van der Waals surface area (Å²) in [5.74, 6) is -0.232. The summed E-state index contributed by atoms with van der Waals surface area (Å²) in [7, 11) is 0. The Kier molecular flexibility index (Phi) is 49.6. The molecular formula is C67H129NO13. The van der Waals surface area contributed by atoms with Crippen molar-refractivity contribution in [3.05, 3.63) is 12.2 Å². The van der Waals surface area contributed by atoms with Crippen molar-refractivity contribution in [1.82, 2.24) is 5.32 Å². The summed E-state index contributed by atoms with van der Waals surface area (Å²) in [6.07, 6.45) is 47.1. The van der Waals surface area contributed by atoms with Crippen molar-refractivity contribution in [2.75, 3.05) is 19.8 Å². The lowest BCUT2D eigenvalue weighted by Crippen LogP contribution is -2.65. The molecule has 2 heterocycles. The Morgan fingerprint density at radius 3 is 1.14 bits per heavy atom. The largest absolute Gasteiger partial charge is 0.394 e. The molecule has 0 aromatic heterocycles. The fourth-order valence-electron chi connectivity index (χ4n) is 11.7. The highest BCUT2D eigenvalue weighted by Gasteiger charge is 2.51. The molecule has 81 heavy (non-hydrogen) atoms. The number of aliphatic hydroxyl groups excluding tert-OH is 8. The number of ether oxygens (including phenoxy) is 4. The summed E-state index contributed by atoms with van der Waals surface area (Å²) in [4.78, 5) is 13.3. The van der Waals surface area contributed by atoms with Crippen molar-refractivity contribution >= 4 is 5.91 Å². The Morgan fingerprint density at radius 2 is 0.765 bits per heavy atom. The molecule has 0 bridgehead atoms. The van der Waals surface area contributed by atoms with Gasteiger partial charge >= 0.3 is 0 Å². The molecular weight excluding hydrogens is 1030 g/mol. The summed E-state index contributed by atoms with van der Waals surface area (Å²) in [6, 6.07) is -0.910. The number of nitrogens with one attached hydrogen (secondary N) is 1. The van der Waals surface area contributed by atoms with Gasteiger partial charge in [0.2, 0.25) is 5.91 Å². The summed E-state index contributed by atoms with van der Waals surface area (Å²) >= 11 is 0. The second-order valence-electron chi connectivity index (χ2n) is 24.7. The average Bonchev–Trinajstić information content (AvgIpc) is 3.47. The predicted octanol–water partition coefficient (Wildman–Crippen LogP) is 13.4. The lowest BCUT2D eigenvalue weighted by molar-refractivity contribution is -0.359. The lowest BCUT2D eigenvalue weighted by Gasteiger charge is -2.46. The molecule has 0 spiro atoms. The molecule has 2 saturated heterocycles. The van der Waals surface area contributed by atoms with Crippen molar-refractivity contribution in [2.45, 2.75) is 389 Å². The van der Waals surface area contributed by atoms with Crippen LogP contribution >= 0.6 is 0 Å². The van der Waals surface area contributed by atoms with Crippen LogP contribution in [-0.2, 0) is 23.7 Å². The molecule has 0 aromatic rings. The first-order valence-electron chi connectivity index (χ1n) is 34.4. The molecule has 0 aromatic carbocycles. The first kappa shape index (κ1) is 75.8. The summed E-state index contributed by atoms with van der Waals surface area (Å²) in [5.41, 5.74) is 0. The molecule has 14 heteroatoms. The lowest BCUT2D eigenvalue weighted by atomic mass is 9.97. The minimum Gasteiger partial charge on any atom is -0.394 e. The van der Waals surface area contributed by atoms with E-state index in [9.17, 15) is 45.6 Å². The number of hydrogen-bond donors (Lipinski definition) is 9. The van der Waals surface area contributed by atoms with E-state index in [4.69, 9.17) is 18.9 Å². The first-order valence-corrected chi connectivity index (χ1v) is 34.4. The molecule has 2 fully saturated rings. The Bertz CT molecular complexity index is 1410. The number of carbonyl (C=O) groups is 1. The van der Waals surface area contributed by atoms with E-state index < -0.39 is 86.8 Å². The zero-order chi connectivity index (χ0) is 58.8. The molecule has 1 amide bonds. The number of allylic oxidation sites excluding steroid dienone is 1. The molecule has 0 aliphatic carbocycles. The van der Waals surface area contributed by atoms with Crippen molar-refractivity contribution in [3.63, 3.8) is 0 Å². The maximum atomic E-state index is 13.3. The summed E-state index contributed by atoms with van der Waals surface area (Å²) in [6.45, 7) is 2.84. The van der Waals surface area contributed by atoms with Crippen LogP contribution in [0.3, 0.4) is 0 Å². The van der Waals surface area contributed by atoms with E-state index in [2.05, 4.69) is 19.2 Å². The number of amides is 1. The molecule has 2 aliphatic rings. The number of rotatable bonds is 57. The summed E-state index contributed by atoms with van der Waals surface area (Å²) < 4.78 is 22.8. The Balaban J connectivity index is 1.62. The van der Waals surface area contributed by atoms with Gasteiger partial charge in [0.25, 0.3) is 0 Å². The third-order valence-electron chi connectivity index (χ3n) is 17.2. The standard InChI is InChI=1S/C67H129NO13/c1-3-5-7-9-11-13-15-17-19-20-21-22-23-24-25-26-27-28-29-30-31-32-33-34-35-37-39-41-43-45-47-49-51-59(72)68-55(56(71)50-48-46-44-42-40-38-36-18-16-14-12-10-8-6-4-2)54-78-66-64(77)62(75)65(58(53-70)80-66)81-67-63(76)61(74)60(73)57(52-69)79-67/h48,50,55-58,60-67,69-71,73-77H,3-47,49,51-54H2,1-2H3,(H,68,72)/b50-48+. The molecule has 0 radical (unpaired) electrons. The number of hydrogen-bond acceptors (Lipinski definition) is 13. The maximum Gasteiger partial charge on any atom is 0.220 e. The molecule has 12 atom stereocenters.